The molecule has 1 atom stereocenters. The lowest BCUT2D eigenvalue weighted by Gasteiger charge is -2.25. The van der Waals surface area contributed by atoms with E-state index in [0.29, 0.717) is 43.1 Å². The van der Waals surface area contributed by atoms with E-state index in [-0.39, 0.29) is 30.1 Å². The zero-order valence-corrected chi connectivity index (χ0v) is 16.8. The van der Waals surface area contributed by atoms with Gasteiger partial charge in [-0.3, -0.25) is 14.5 Å². The molecular formula is C22H25FN4O2. The molecule has 4 rings (SSSR count). The van der Waals surface area contributed by atoms with Crippen LogP contribution in [0.3, 0.4) is 0 Å². The van der Waals surface area contributed by atoms with Gasteiger partial charge in [-0.2, -0.15) is 0 Å². The minimum atomic E-state index is -0.265. The monoisotopic (exact) mass is 396 g/mol. The molecule has 0 saturated carbocycles. The summed E-state index contributed by atoms with van der Waals surface area (Å²) < 4.78 is 14.0. The molecule has 1 aromatic heterocycles. The first-order chi connectivity index (χ1) is 14.0. The molecule has 6 nitrogen and oxygen atoms in total. The van der Waals surface area contributed by atoms with Crippen LogP contribution in [-0.4, -0.2) is 39.8 Å². The molecule has 2 amide bonds. The van der Waals surface area contributed by atoms with E-state index in [1.165, 1.54) is 6.07 Å². The summed E-state index contributed by atoms with van der Waals surface area (Å²) in [6.45, 7) is 4.83. The van der Waals surface area contributed by atoms with Gasteiger partial charge in [0.15, 0.2) is 5.82 Å². The van der Waals surface area contributed by atoms with Gasteiger partial charge in [0, 0.05) is 30.8 Å². The van der Waals surface area contributed by atoms with E-state index in [2.05, 4.69) is 4.98 Å². The number of hydrogen-bond donors (Lipinski definition) is 0. The van der Waals surface area contributed by atoms with Crippen molar-refractivity contribution < 1.29 is 14.0 Å². The van der Waals surface area contributed by atoms with Crippen molar-refractivity contribution >= 4 is 17.6 Å². The number of amides is 2. The van der Waals surface area contributed by atoms with Gasteiger partial charge < -0.3 is 4.90 Å². The second-order valence-corrected chi connectivity index (χ2v) is 7.63. The van der Waals surface area contributed by atoms with Crippen LogP contribution in [0.5, 0.6) is 0 Å². The van der Waals surface area contributed by atoms with Crippen LogP contribution in [0.2, 0.25) is 0 Å². The maximum absolute atomic E-state index is 14.0. The summed E-state index contributed by atoms with van der Waals surface area (Å²) >= 11 is 0. The maximum atomic E-state index is 14.0. The van der Waals surface area contributed by atoms with E-state index in [9.17, 15) is 14.0 Å². The Morgan fingerprint density at radius 1 is 1.28 bits per heavy atom. The minimum Gasteiger partial charge on any atom is -0.332 e. The molecule has 1 fully saturated rings. The lowest BCUT2D eigenvalue weighted by Crippen LogP contribution is -2.32. The number of anilines is 1. The Hall–Kier alpha value is -2.83. The van der Waals surface area contributed by atoms with E-state index in [0.717, 1.165) is 24.1 Å². The second kappa shape index (κ2) is 7.89. The third-order valence-electron chi connectivity index (χ3n) is 5.83. The second-order valence-electron chi connectivity index (χ2n) is 7.63. The predicted octanol–water partition coefficient (Wildman–Crippen LogP) is 3.13. The normalized spacial score (nSPS) is 18.4. The van der Waals surface area contributed by atoms with Crippen molar-refractivity contribution in [3.05, 3.63) is 52.7 Å². The predicted molar refractivity (Wildman–Crippen MR) is 107 cm³/mol. The fraction of sp³-hybridized carbons (Fsp3) is 0.455. The topological polar surface area (TPSA) is 66.4 Å². The molecule has 3 heterocycles. The summed E-state index contributed by atoms with van der Waals surface area (Å²) in [5.74, 6) is 1.01. The molecule has 0 spiro atoms. The summed E-state index contributed by atoms with van der Waals surface area (Å²) in [7, 11) is 0. The highest BCUT2D eigenvalue weighted by molar-refractivity contribution is 6.00. The Balaban J connectivity index is 1.62. The highest BCUT2D eigenvalue weighted by Crippen LogP contribution is 2.35. The van der Waals surface area contributed by atoms with Crippen molar-refractivity contribution in [3.63, 3.8) is 0 Å². The Labute approximate surface area is 169 Å². The molecule has 1 saturated heterocycles. The number of likely N-dealkylation sites (tertiary alicyclic amines) is 1. The van der Waals surface area contributed by atoms with E-state index in [1.807, 2.05) is 18.7 Å². The zero-order chi connectivity index (χ0) is 20.5. The third kappa shape index (κ3) is 3.61. The third-order valence-corrected chi connectivity index (χ3v) is 5.83. The summed E-state index contributed by atoms with van der Waals surface area (Å²) in [5, 5.41) is 0. The first-order valence-corrected chi connectivity index (χ1v) is 10.2. The van der Waals surface area contributed by atoms with Gasteiger partial charge in [-0.05, 0) is 37.8 Å². The number of carbonyl (C=O) groups is 2. The lowest BCUT2D eigenvalue weighted by molar-refractivity contribution is -0.131. The van der Waals surface area contributed by atoms with Crippen LogP contribution >= 0.6 is 0 Å². The minimum absolute atomic E-state index is 0.0428. The summed E-state index contributed by atoms with van der Waals surface area (Å²) in [5.41, 5.74) is 2.19. The van der Waals surface area contributed by atoms with Crippen LogP contribution in [0.1, 0.15) is 54.9 Å². The molecule has 0 N–H and O–H groups in total. The molecule has 0 aliphatic carbocycles. The van der Waals surface area contributed by atoms with Gasteiger partial charge in [0.25, 0.3) is 0 Å². The van der Waals surface area contributed by atoms with Crippen molar-refractivity contribution in [1.82, 2.24) is 14.9 Å². The lowest BCUT2D eigenvalue weighted by atomic mass is 10.1. The van der Waals surface area contributed by atoms with Crippen LogP contribution < -0.4 is 4.90 Å². The van der Waals surface area contributed by atoms with Gasteiger partial charge in [-0.1, -0.05) is 25.1 Å². The van der Waals surface area contributed by atoms with E-state index >= 15 is 0 Å². The number of aromatic nitrogens is 2. The number of nitrogens with zero attached hydrogens (tertiary/aromatic N) is 4. The van der Waals surface area contributed by atoms with Crippen molar-refractivity contribution in [2.45, 2.75) is 52.0 Å². The Morgan fingerprint density at radius 3 is 2.83 bits per heavy atom. The molecule has 2 aliphatic rings. The molecule has 2 aromatic rings. The summed E-state index contributed by atoms with van der Waals surface area (Å²) in [6.07, 6.45) is 2.88. The SMILES string of the molecule is CCC(=O)N1CCC[C@H]1c1nc(C)c2c(n1)N(CCc1ccccc1F)C(=O)C2. The van der Waals surface area contributed by atoms with Crippen molar-refractivity contribution in [2.75, 3.05) is 18.0 Å². The number of fused-ring (bicyclic) bond motifs is 1. The first-order valence-electron chi connectivity index (χ1n) is 10.2. The quantitative estimate of drug-likeness (QED) is 0.779. The number of aryl methyl sites for hydroxylation is 1. The Morgan fingerprint density at radius 2 is 2.07 bits per heavy atom. The molecule has 29 heavy (non-hydrogen) atoms. The standard InChI is InChI=1S/C22H25FN4O2/c1-3-19(28)26-11-6-9-18(26)21-24-14(2)16-13-20(29)27(22(16)25-21)12-10-15-7-4-5-8-17(15)23/h4-5,7-8,18H,3,6,9-13H2,1-2H3/t18-/m0/s1. The molecule has 0 bridgehead atoms. The molecule has 7 heteroatoms. The average Bonchev–Trinajstić information content (AvgIpc) is 3.32. The molecular weight excluding hydrogens is 371 g/mol. The van der Waals surface area contributed by atoms with Crippen LogP contribution in [0, 0.1) is 12.7 Å². The molecule has 0 unspecified atom stereocenters. The Kier molecular flexibility index (Phi) is 5.30. The number of carbonyl (C=O) groups excluding carboxylic acids is 2. The van der Waals surface area contributed by atoms with Gasteiger partial charge >= 0.3 is 0 Å². The van der Waals surface area contributed by atoms with Crippen molar-refractivity contribution in [1.29, 1.82) is 0 Å². The van der Waals surface area contributed by atoms with E-state index in [1.54, 1.807) is 23.1 Å². The van der Waals surface area contributed by atoms with Crippen LogP contribution in [0.4, 0.5) is 10.2 Å². The molecule has 152 valence electrons. The van der Waals surface area contributed by atoms with E-state index < -0.39 is 0 Å². The van der Waals surface area contributed by atoms with Crippen LogP contribution in [0.15, 0.2) is 24.3 Å². The van der Waals surface area contributed by atoms with Gasteiger partial charge in [0.1, 0.15) is 11.6 Å². The number of hydrogen-bond acceptors (Lipinski definition) is 4. The van der Waals surface area contributed by atoms with Gasteiger partial charge in [-0.15, -0.1) is 0 Å². The molecule has 0 radical (unpaired) electrons. The van der Waals surface area contributed by atoms with Gasteiger partial charge in [0.2, 0.25) is 11.8 Å². The zero-order valence-electron chi connectivity index (χ0n) is 16.8. The number of halogens is 1. The van der Waals surface area contributed by atoms with Crippen LogP contribution in [-0.2, 0) is 22.4 Å². The summed E-state index contributed by atoms with van der Waals surface area (Å²) in [6, 6.07) is 6.47. The fourth-order valence-electron chi connectivity index (χ4n) is 4.25. The highest BCUT2D eigenvalue weighted by Gasteiger charge is 2.35. The maximum Gasteiger partial charge on any atom is 0.232 e. The Bertz CT molecular complexity index is 962. The smallest absolute Gasteiger partial charge is 0.232 e. The number of benzene rings is 1. The van der Waals surface area contributed by atoms with Gasteiger partial charge in [0.05, 0.1) is 12.5 Å². The molecule has 1 aromatic carbocycles. The molecule has 2 aliphatic heterocycles. The van der Waals surface area contributed by atoms with E-state index in [4.69, 9.17) is 4.98 Å². The summed E-state index contributed by atoms with van der Waals surface area (Å²) in [4.78, 5) is 37.8. The largest absolute Gasteiger partial charge is 0.332 e. The number of rotatable bonds is 5. The fourth-order valence-corrected chi connectivity index (χ4v) is 4.25. The first kappa shape index (κ1) is 19.5. The average molecular weight is 396 g/mol. The van der Waals surface area contributed by atoms with Crippen molar-refractivity contribution in [3.8, 4) is 0 Å². The van der Waals surface area contributed by atoms with Crippen LogP contribution in [0.25, 0.3) is 0 Å². The highest BCUT2D eigenvalue weighted by atomic mass is 19.1. The van der Waals surface area contributed by atoms with Crippen molar-refractivity contribution in [2.24, 2.45) is 0 Å². The van der Waals surface area contributed by atoms with Gasteiger partial charge in [-0.25, -0.2) is 14.4 Å².